The molecule has 3 aromatic rings. The fraction of sp³-hybridized carbons (Fsp3) is 0.412. The van der Waals surface area contributed by atoms with E-state index in [9.17, 15) is 22.8 Å². The predicted molar refractivity (Wildman–Crippen MR) is 182 cm³/mol. The molecule has 5 rings (SSSR count). The van der Waals surface area contributed by atoms with Gasteiger partial charge in [-0.15, -0.1) is 0 Å². The smallest absolute Gasteiger partial charge is 0.407 e. The van der Waals surface area contributed by atoms with Crippen molar-refractivity contribution < 1.29 is 27.5 Å². The lowest BCUT2D eigenvalue weighted by atomic mass is 9.98. The summed E-state index contributed by atoms with van der Waals surface area (Å²) in [6, 6.07) is 19.9. The molecule has 1 aliphatic heterocycles. The minimum atomic E-state index is -4.20. The second-order valence-electron chi connectivity index (χ2n) is 12.2. The van der Waals surface area contributed by atoms with E-state index in [1.165, 1.54) is 6.07 Å². The molecular formula is C34H43N7O6S. The molecule has 13 nitrogen and oxygen atoms in total. The third kappa shape index (κ3) is 9.91. The third-order valence-electron chi connectivity index (χ3n) is 8.49. The maximum Gasteiger partial charge on any atom is 0.407 e. The summed E-state index contributed by atoms with van der Waals surface area (Å²) in [7, 11) is -4.20. The van der Waals surface area contributed by atoms with Crippen LogP contribution in [-0.2, 0) is 31.0 Å². The highest BCUT2D eigenvalue weighted by atomic mass is 32.2. The van der Waals surface area contributed by atoms with Gasteiger partial charge in [0.1, 0.15) is 19.0 Å². The van der Waals surface area contributed by atoms with Gasteiger partial charge < -0.3 is 31.0 Å². The summed E-state index contributed by atoms with van der Waals surface area (Å²) in [6.07, 6.45) is 3.87. The molecule has 256 valence electrons. The first kappa shape index (κ1) is 34.6. The van der Waals surface area contributed by atoms with E-state index < -0.39 is 34.0 Å². The average Bonchev–Trinajstić information content (AvgIpc) is 3.94. The van der Waals surface area contributed by atoms with Crippen LogP contribution in [-0.4, -0.2) is 87.3 Å². The quantitative estimate of drug-likeness (QED) is 0.0822. The highest BCUT2D eigenvalue weighted by Gasteiger charge is 2.38. The van der Waals surface area contributed by atoms with Crippen molar-refractivity contribution in [1.82, 2.24) is 25.2 Å². The van der Waals surface area contributed by atoms with Gasteiger partial charge in [-0.3, -0.25) is 9.59 Å². The minimum absolute atomic E-state index is 0.0101. The van der Waals surface area contributed by atoms with E-state index in [2.05, 4.69) is 20.5 Å². The summed E-state index contributed by atoms with van der Waals surface area (Å²) in [5, 5.41) is 10.8. The number of sulfonamides is 1. The van der Waals surface area contributed by atoms with Crippen molar-refractivity contribution in [1.29, 1.82) is 0 Å². The van der Waals surface area contributed by atoms with Crippen LogP contribution in [0.1, 0.15) is 37.7 Å². The molecule has 0 aromatic heterocycles. The van der Waals surface area contributed by atoms with Gasteiger partial charge in [0.2, 0.25) is 21.8 Å². The zero-order valence-corrected chi connectivity index (χ0v) is 27.6. The Balaban J connectivity index is 1.25. The Hall–Kier alpha value is -4.69. The highest BCUT2D eigenvalue weighted by molar-refractivity contribution is 7.89. The number of nitrogens with two attached hydrogens (primary N) is 1. The van der Waals surface area contributed by atoms with E-state index in [-0.39, 0.29) is 43.0 Å². The SMILES string of the molecule is NN=CN1CCC[C@@H](CNC(=O)C[C@H](NS(=O)(=O)c2ccc3ccccc3c2)C(=O)N(CCNC(=O)OCc2ccccc2)C2CC2)C1. The third-order valence-corrected chi connectivity index (χ3v) is 9.96. The van der Waals surface area contributed by atoms with Crippen molar-refractivity contribution in [2.45, 2.75) is 55.7 Å². The van der Waals surface area contributed by atoms with Gasteiger partial charge >= 0.3 is 6.09 Å². The van der Waals surface area contributed by atoms with Gasteiger partial charge in [0, 0.05) is 38.8 Å². The average molecular weight is 678 g/mol. The lowest BCUT2D eigenvalue weighted by molar-refractivity contribution is -0.136. The fourth-order valence-corrected chi connectivity index (χ4v) is 7.08. The Morgan fingerprint density at radius 2 is 1.75 bits per heavy atom. The number of fused-ring (bicyclic) bond motifs is 1. The molecule has 0 unspecified atom stereocenters. The molecule has 1 saturated carbocycles. The van der Waals surface area contributed by atoms with Crippen LogP contribution in [0.25, 0.3) is 10.8 Å². The van der Waals surface area contributed by atoms with Crippen LogP contribution >= 0.6 is 0 Å². The van der Waals surface area contributed by atoms with Gasteiger partial charge in [0.25, 0.3) is 0 Å². The highest BCUT2D eigenvalue weighted by Crippen LogP contribution is 2.28. The molecule has 3 amide bonds. The lowest BCUT2D eigenvalue weighted by Gasteiger charge is -2.31. The van der Waals surface area contributed by atoms with Crippen molar-refractivity contribution in [3.8, 4) is 0 Å². The summed E-state index contributed by atoms with van der Waals surface area (Å²) in [6.45, 7) is 2.19. The molecule has 48 heavy (non-hydrogen) atoms. The Morgan fingerprint density at radius 1 is 1.00 bits per heavy atom. The number of piperidine rings is 1. The number of hydrazone groups is 1. The van der Waals surface area contributed by atoms with E-state index >= 15 is 0 Å². The van der Waals surface area contributed by atoms with Crippen LogP contribution in [0.2, 0.25) is 0 Å². The van der Waals surface area contributed by atoms with Gasteiger partial charge in [-0.2, -0.15) is 9.82 Å². The number of carbonyl (C=O) groups excluding carboxylic acids is 3. The van der Waals surface area contributed by atoms with Crippen molar-refractivity contribution >= 4 is 45.0 Å². The molecule has 2 fully saturated rings. The maximum absolute atomic E-state index is 14.0. The van der Waals surface area contributed by atoms with Crippen LogP contribution in [0.3, 0.4) is 0 Å². The molecule has 0 spiro atoms. The second-order valence-corrected chi connectivity index (χ2v) is 13.9. The molecule has 0 radical (unpaired) electrons. The molecule has 1 aliphatic carbocycles. The first-order valence-electron chi connectivity index (χ1n) is 16.2. The first-order valence-corrected chi connectivity index (χ1v) is 17.7. The number of hydrogen-bond donors (Lipinski definition) is 4. The fourth-order valence-electron chi connectivity index (χ4n) is 5.86. The Labute approximate surface area is 280 Å². The van der Waals surface area contributed by atoms with Gasteiger partial charge in [-0.1, -0.05) is 60.7 Å². The zero-order chi connectivity index (χ0) is 33.9. The van der Waals surface area contributed by atoms with E-state index in [1.807, 2.05) is 59.5 Å². The molecular weight excluding hydrogens is 634 g/mol. The molecule has 1 heterocycles. The van der Waals surface area contributed by atoms with Gasteiger partial charge in [0.05, 0.1) is 11.3 Å². The Morgan fingerprint density at radius 3 is 2.50 bits per heavy atom. The summed E-state index contributed by atoms with van der Waals surface area (Å²) < 4.78 is 35.1. The summed E-state index contributed by atoms with van der Waals surface area (Å²) in [5.41, 5.74) is 0.840. The van der Waals surface area contributed by atoms with Gasteiger partial charge in [0.15, 0.2) is 0 Å². The van der Waals surface area contributed by atoms with Crippen LogP contribution in [0.15, 0.2) is 82.8 Å². The van der Waals surface area contributed by atoms with E-state index in [4.69, 9.17) is 10.6 Å². The number of nitrogens with zero attached hydrogens (tertiary/aromatic N) is 3. The number of rotatable bonds is 15. The maximum atomic E-state index is 14.0. The van der Waals surface area contributed by atoms with Crippen molar-refractivity contribution in [3.05, 3.63) is 78.4 Å². The number of benzene rings is 3. The predicted octanol–water partition coefficient (Wildman–Crippen LogP) is 2.52. The van der Waals surface area contributed by atoms with Crippen LogP contribution in [0.4, 0.5) is 4.79 Å². The second kappa shape index (κ2) is 16.4. The summed E-state index contributed by atoms with van der Waals surface area (Å²) >= 11 is 0. The molecule has 14 heteroatoms. The van der Waals surface area contributed by atoms with E-state index in [0.717, 1.165) is 48.6 Å². The molecule has 2 atom stereocenters. The Kier molecular flexibility index (Phi) is 11.9. The topological polar surface area (TPSA) is 176 Å². The Bertz CT molecular complexity index is 1700. The molecule has 5 N–H and O–H groups in total. The first-order chi connectivity index (χ1) is 23.2. The number of carbonyl (C=O) groups is 3. The van der Waals surface area contributed by atoms with Crippen LogP contribution in [0.5, 0.6) is 0 Å². The lowest BCUT2D eigenvalue weighted by Crippen LogP contribution is -2.52. The number of hydrogen-bond acceptors (Lipinski definition) is 8. The largest absolute Gasteiger partial charge is 0.445 e. The van der Waals surface area contributed by atoms with Crippen LogP contribution < -0.4 is 21.2 Å². The zero-order valence-electron chi connectivity index (χ0n) is 26.8. The summed E-state index contributed by atoms with van der Waals surface area (Å²) in [4.78, 5) is 43.1. The van der Waals surface area contributed by atoms with Crippen molar-refractivity contribution in [3.63, 3.8) is 0 Å². The van der Waals surface area contributed by atoms with E-state index in [0.29, 0.717) is 13.1 Å². The number of amides is 3. The van der Waals surface area contributed by atoms with Gasteiger partial charge in [-0.05, 0) is 60.1 Å². The number of likely N-dealkylation sites (tertiary alicyclic amines) is 1. The summed E-state index contributed by atoms with van der Waals surface area (Å²) in [5.74, 6) is 4.48. The number of ether oxygens (including phenoxy) is 1. The molecule has 3 aromatic carbocycles. The standard InChI is InChI=1S/C34H43N7O6S/c35-38-24-40-17-6-9-26(22-40)21-37-32(42)20-31(39-48(45,46)30-15-12-27-10-4-5-11-28(27)19-30)33(43)41(29-13-14-29)18-16-36-34(44)47-23-25-7-2-1-3-8-25/h1-5,7-8,10-12,15,19,24,26,29,31,39H,6,9,13-14,16-18,20-23,35H2,(H,36,44)(H,37,42)/t26-,31-/m0/s1. The number of nitrogens with one attached hydrogen (secondary N) is 3. The molecule has 2 aliphatic rings. The van der Waals surface area contributed by atoms with E-state index in [1.54, 1.807) is 23.4 Å². The van der Waals surface area contributed by atoms with Gasteiger partial charge in [-0.25, -0.2) is 13.2 Å². The molecule has 0 bridgehead atoms. The monoisotopic (exact) mass is 677 g/mol. The molecule has 1 saturated heterocycles. The minimum Gasteiger partial charge on any atom is -0.445 e. The number of alkyl carbamates (subject to hydrolysis) is 1. The normalized spacial score (nSPS) is 17.2. The van der Waals surface area contributed by atoms with Crippen LogP contribution in [0, 0.1) is 5.92 Å². The van der Waals surface area contributed by atoms with Crippen molar-refractivity contribution in [2.75, 3.05) is 32.7 Å². The van der Waals surface area contributed by atoms with Crippen molar-refractivity contribution in [2.24, 2.45) is 16.9 Å².